The summed E-state index contributed by atoms with van der Waals surface area (Å²) in [5.74, 6) is -3.30. The third-order valence-corrected chi connectivity index (χ3v) is 6.98. The molecule has 3 amide bonds. The number of carbonyl (C=O) groups is 3. The first-order valence-electron chi connectivity index (χ1n) is 13.2. The summed E-state index contributed by atoms with van der Waals surface area (Å²) >= 11 is 6.39. The molecule has 1 aromatic heterocycles. The SMILES string of the molecule is COc1ccc(Cc2cnc(C(=O)Nc3ccc(C(=O)N4CCN(C(=O)CCOCCN)CC4)c(Cl)c3)[nH]2)c(F)c1F. The molecule has 1 aliphatic rings. The lowest BCUT2D eigenvalue weighted by atomic mass is 10.1. The number of benzene rings is 2. The highest BCUT2D eigenvalue weighted by Crippen LogP contribution is 2.25. The molecule has 1 saturated heterocycles. The molecule has 0 atom stereocenters. The molecule has 14 heteroatoms. The number of nitrogens with two attached hydrogens (primary N) is 1. The highest BCUT2D eigenvalue weighted by atomic mass is 35.5. The Kier molecular flexibility index (Phi) is 10.4. The number of ether oxygens (including phenoxy) is 2. The number of amides is 3. The summed E-state index contributed by atoms with van der Waals surface area (Å²) in [6.45, 7) is 2.62. The smallest absolute Gasteiger partial charge is 0.291 e. The van der Waals surface area contributed by atoms with E-state index in [2.05, 4.69) is 15.3 Å². The average molecular weight is 605 g/mol. The van der Waals surface area contributed by atoms with Crippen LogP contribution in [0.3, 0.4) is 0 Å². The highest BCUT2D eigenvalue weighted by molar-refractivity contribution is 6.34. The Morgan fingerprint density at radius 2 is 1.81 bits per heavy atom. The summed E-state index contributed by atoms with van der Waals surface area (Å²) < 4.78 is 38.4. The van der Waals surface area contributed by atoms with Crippen molar-refractivity contribution in [1.29, 1.82) is 0 Å². The van der Waals surface area contributed by atoms with E-state index in [0.717, 1.165) is 0 Å². The molecule has 3 aromatic rings. The number of piperazine rings is 1. The first-order valence-corrected chi connectivity index (χ1v) is 13.6. The number of carbonyl (C=O) groups excluding carboxylic acids is 3. The topological polar surface area (TPSA) is 143 Å². The number of nitrogens with one attached hydrogen (secondary N) is 2. The molecule has 0 radical (unpaired) electrons. The van der Waals surface area contributed by atoms with Gasteiger partial charge in [-0.05, 0) is 29.8 Å². The number of halogens is 3. The van der Waals surface area contributed by atoms with Crippen LogP contribution in [0.1, 0.15) is 38.7 Å². The van der Waals surface area contributed by atoms with Gasteiger partial charge in [0, 0.05) is 56.7 Å². The van der Waals surface area contributed by atoms with Gasteiger partial charge in [0.05, 0.1) is 37.3 Å². The maximum Gasteiger partial charge on any atom is 0.291 e. The second kappa shape index (κ2) is 14.2. The highest BCUT2D eigenvalue weighted by Gasteiger charge is 2.26. The Bertz CT molecular complexity index is 1440. The van der Waals surface area contributed by atoms with E-state index in [1.807, 2.05) is 0 Å². The maximum absolute atomic E-state index is 14.3. The zero-order valence-electron chi connectivity index (χ0n) is 22.9. The Labute approximate surface area is 245 Å². The first-order chi connectivity index (χ1) is 20.2. The maximum atomic E-state index is 14.3. The van der Waals surface area contributed by atoms with Gasteiger partial charge in [-0.25, -0.2) is 9.37 Å². The second-order valence-electron chi connectivity index (χ2n) is 9.46. The summed E-state index contributed by atoms with van der Waals surface area (Å²) in [5, 5.41) is 2.79. The van der Waals surface area contributed by atoms with Gasteiger partial charge in [-0.3, -0.25) is 14.4 Å². The van der Waals surface area contributed by atoms with Crippen LogP contribution in [0.25, 0.3) is 0 Å². The third kappa shape index (κ3) is 7.41. The lowest BCUT2D eigenvalue weighted by Crippen LogP contribution is -2.50. The Morgan fingerprint density at radius 3 is 2.50 bits per heavy atom. The van der Waals surface area contributed by atoms with E-state index in [0.29, 0.717) is 57.3 Å². The molecule has 0 unspecified atom stereocenters. The van der Waals surface area contributed by atoms with E-state index in [4.69, 9.17) is 26.8 Å². The van der Waals surface area contributed by atoms with Crippen molar-refractivity contribution in [2.45, 2.75) is 12.8 Å². The minimum Gasteiger partial charge on any atom is -0.494 e. The predicted molar refractivity (Wildman–Crippen MR) is 151 cm³/mol. The van der Waals surface area contributed by atoms with Crippen molar-refractivity contribution < 1.29 is 32.6 Å². The number of H-pyrrole nitrogens is 1. The third-order valence-electron chi connectivity index (χ3n) is 6.67. The standard InChI is InChI=1S/C28H31ClF2N6O5/c1-41-22-5-2-17(24(30)25(22)31)14-19-16-33-26(34-19)27(39)35-18-3-4-20(21(29)15-18)28(40)37-10-8-36(9-11-37)23(38)6-12-42-13-7-32/h2-5,15-16H,6-14,32H2,1H3,(H,33,34)(H,35,39). The van der Waals surface area contributed by atoms with Crippen LogP contribution in [-0.4, -0.2) is 90.5 Å². The molecule has 2 heterocycles. The van der Waals surface area contributed by atoms with Gasteiger partial charge in [0.25, 0.3) is 11.8 Å². The predicted octanol–water partition coefficient (Wildman–Crippen LogP) is 2.84. The van der Waals surface area contributed by atoms with Crippen molar-refractivity contribution in [3.05, 3.63) is 75.8 Å². The van der Waals surface area contributed by atoms with Crippen LogP contribution in [0.15, 0.2) is 36.5 Å². The summed E-state index contributed by atoms with van der Waals surface area (Å²) in [4.78, 5) is 48.3. The quantitative estimate of drug-likeness (QED) is 0.286. The van der Waals surface area contributed by atoms with E-state index in [9.17, 15) is 23.2 Å². The number of anilines is 1. The zero-order valence-corrected chi connectivity index (χ0v) is 23.7. The minimum atomic E-state index is -1.09. The van der Waals surface area contributed by atoms with E-state index >= 15 is 0 Å². The fourth-order valence-electron chi connectivity index (χ4n) is 4.42. The van der Waals surface area contributed by atoms with Crippen molar-refractivity contribution in [2.24, 2.45) is 5.73 Å². The fourth-order valence-corrected chi connectivity index (χ4v) is 4.69. The lowest BCUT2D eigenvalue weighted by molar-refractivity contribution is -0.133. The number of hydrogen-bond acceptors (Lipinski definition) is 7. The summed E-state index contributed by atoms with van der Waals surface area (Å²) in [6, 6.07) is 7.22. The molecule has 1 aliphatic heterocycles. The van der Waals surface area contributed by atoms with Gasteiger partial charge in [-0.1, -0.05) is 17.7 Å². The molecule has 4 N–H and O–H groups in total. The number of rotatable bonds is 11. The molecular weight excluding hydrogens is 574 g/mol. The van der Waals surface area contributed by atoms with Crippen LogP contribution in [0.5, 0.6) is 5.75 Å². The van der Waals surface area contributed by atoms with Crippen LogP contribution in [0.4, 0.5) is 14.5 Å². The van der Waals surface area contributed by atoms with Crippen LogP contribution >= 0.6 is 11.6 Å². The van der Waals surface area contributed by atoms with Crippen molar-refractivity contribution in [3.8, 4) is 5.75 Å². The number of hydrogen-bond donors (Lipinski definition) is 3. The van der Waals surface area contributed by atoms with Crippen LogP contribution < -0.4 is 15.8 Å². The van der Waals surface area contributed by atoms with Crippen molar-refractivity contribution in [2.75, 3.05) is 58.4 Å². The Hall–Kier alpha value is -4.07. The molecule has 0 spiro atoms. The summed E-state index contributed by atoms with van der Waals surface area (Å²) in [5.41, 5.74) is 6.42. The zero-order chi connectivity index (χ0) is 30.2. The second-order valence-corrected chi connectivity index (χ2v) is 9.87. The lowest BCUT2D eigenvalue weighted by Gasteiger charge is -2.35. The van der Waals surface area contributed by atoms with Gasteiger partial charge in [0.15, 0.2) is 17.4 Å². The number of nitrogens with zero attached hydrogens (tertiary/aromatic N) is 3. The van der Waals surface area contributed by atoms with Gasteiger partial charge in [0.1, 0.15) is 0 Å². The summed E-state index contributed by atoms with van der Waals surface area (Å²) in [7, 11) is 1.24. The van der Waals surface area contributed by atoms with Crippen molar-refractivity contribution in [1.82, 2.24) is 19.8 Å². The summed E-state index contributed by atoms with van der Waals surface area (Å²) in [6.07, 6.45) is 1.59. The Morgan fingerprint density at radius 1 is 1.07 bits per heavy atom. The minimum absolute atomic E-state index is 0.0265. The molecular formula is C28H31ClF2N6O5. The number of aromatic nitrogens is 2. The van der Waals surface area contributed by atoms with Gasteiger partial charge >= 0.3 is 0 Å². The molecule has 1 fully saturated rings. The molecule has 0 saturated carbocycles. The fraction of sp³-hybridized carbons (Fsp3) is 0.357. The van der Waals surface area contributed by atoms with E-state index in [1.54, 1.807) is 9.80 Å². The first kappa shape index (κ1) is 30.9. The van der Waals surface area contributed by atoms with Gasteiger partial charge in [-0.15, -0.1) is 0 Å². The van der Waals surface area contributed by atoms with Gasteiger partial charge in [0.2, 0.25) is 11.7 Å². The largest absolute Gasteiger partial charge is 0.494 e. The van der Waals surface area contributed by atoms with Crippen LogP contribution in [0, 0.1) is 11.6 Å². The van der Waals surface area contributed by atoms with Gasteiger partial charge in [-0.2, -0.15) is 4.39 Å². The molecule has 2 aromatic carbocycles. The van der Waals surface area contributed by atoms with Crippen molar-refractivity contribution >= 4 is 35.0 Å². The van der Waals surface area contributed by atoms with Gasteiger partial charge < -0.3 is 35.3 Å². The van der Waals surface area contributed by atoms with Crippen molar-refractivity contribution in [3.63, 3.8) is 0 Å². The molecule has 11 nitrogen and oxygen atoms in total. The normalized spacial score (nSPS) is 13.3. The number of aromatic amines is 1. The monoisotopic (exact) mass is 604 g/mol. The molecule has 42 heavy (non-hydrogen) atoms. The van der Waals surface area contributed by atoms with Crippen LogP contribution in [-0.2, 0) is 16.0 Å². The molecule has 0 aliphatic carbocycles. The number of methoxy groups -OCH3 is 1. The van der Waals surface area contributed by atoms with E-state index in [-0.39, 0.29) is 52.4 Å². The number of imidazole rings is 1. The Balaban J connectivity index is 1.31. The average Bonchev–Trinajstić information content (AvgIpc) is 3.46. The van der Waals surface area contributed by atoms with E-state index < -0.39 is 17.5 Å². The molecule has 0 bridgehead atoms. The van der Waals surface area contributed by atoms with Crippen LogP contribution in [0.2, 0.25) is 5.02 Å². The molecule has 224 valence electrons. The molecule has 4 rings (SSSR count). The van der Waals surface area contributed by atoms with E-state index in [1.165, 1.54) is 43.6 Å².